The molecular weight excluding hydrogens is 476 g/mol. The Kier molecular flexibility index (Phi) is 9.12. The summed E-state index contributed by atoms with van der Waals surface area (Å²) >= 11 is 0. The van der Waals surface area contributed by atoms with Crippen LogP contribution in [0.5, 0.6) is 0 Å². The van der Waals surface area contributed by atoms with Crippen molar-refractivity contribution in [1.82, 2.24) is 20.4 Å². The van der Waals surface area contributed by atoms with Gasteiger partial charge in [-0.1, -0.05) is 29.8 Å². The normalized spacial score (nSPS) is 14.6. The van der Waals surface area contributed by atoms with E-state index in [1.54, 1.807) is 24.5 Å². The summed E-state index contributed by atoms with van der Waals surface area (Å²) in [7, 11) is 0. The van der Waals surface area contributed by atoms with Crippen LogP contribution in [0.4, 0.5) is 0 Å². The second-order valence-corrected chi connectivity index (χ2v) is 8.81. The number of nitrogens with zero attached hydrogens (tertiary/aromatic N) is 2. The molecule has 3 amide bonds. The van der Waals surface area contributed by atoms with E-state index in [2.05, 4.69) is 15.5 Å². The van der Waals surface area contributed by atoms with Gasteiger partial charge in [-0.05, 0) is 36.8 Å². The third-order valence-electron chi connectivity index (χ3n) is 6.20. The lowest BCUT2D eigenvalue weighted by Crippen LogP contribution is -2.50. The molecule has 1 aromatic carbocycles. The predicted molar refractivity (Wildman–Crippen MR) is 134 cm³/mol. The topological polar surface area (TPSA) is 117 Å². The molecule has 4 rings (SSSR count). The van der Waals surface area contributed by atoms with E-state index in [1.165, 1.54) is 17.2 Å². The van der Waals surface area contributed by atoms with Crippen LogP contribution in [0, 0.1) is 6.92 Å². The maximum atomic E-state index is 13.6. The SMILES string of the molecule is Cc1ccc(C(C(=O)NCc2ccco2)N(CCN2CCOCC2)C(=O)CNC(=O)c2ccco2)cc1. The van der Waals surface area contributed by atoms with E-state index in [-0.39, 0.29) is 30.7 Å². The molecule has 1 saturated heterocycles. The van der Waals surface area contributed by atoms with E-state index in [0.717, 1.165) is 18.7 Å². The maximum absolute atomic E-state index is 13.6. The van der Waals surface area contributed by atoms with Gasteiger partial charge in [0.25, 0.3) is 5.91 Å². The van der Waals surface area contributed by atoms with Crippen LogP contribution in [0.2, 0.25) is 0 Å². The minimum Gasteiger partial charge on any atom is -0.467 e. The molecule has 3 aromatic rings. The highest BCUT2D eigenvalue weighted by molar-refractivity contribution is 5.95. The first-order valence-corrected chi connectivity index (χ1v) is 12.3. The van der Waals surface area contributed by atoms with Crippen molar-refractivity contribution < 1.29 is 28.0 Å². The van der Waals surface area contributed by atoms with Gasteiger partial charge in [0.2, 0.25) is 11.8 Å². The Bertz CT molecular complexity index is 1140. The van der Waals surface area contributed by atoms with E-state index < -0.39 is 11.9 Å². The Morgan fingerprint density at radius 1 is 0.973 bits per heavy atom. The van der Waals surface area contributed by atoms with Crippen LogP contribution in [0.25, 0.3) is 0 Å². The Balaban J connectivity index is 1.55. The van der Waals surface area contributed by atoms with Gasteiger partial charge in [-0.15, -0.1) is 0 Å². The molecular formula is C27H32N4O6. The summed E-state index contributed by atoms with van der Waals surface area (Å²) in [6, 6.07) is 13.3. The highest BCUT2D eigenvalue weighted by Crippen LogP contribution is 2.23. The van der Waals surface area contributed by atoms with Gasteiger partial charge in [0.05, 0.1) is 38.8 Å². The maximum Gasteiger partial charge on any atom is 0.287 e. The van der Waals surface area contributed by atoms with Crippen LogP contribution >= 0.6 is 0 Å². The highest BCUT2D eigenvalue weighted by atomic mass is 16.5. The number of rotatable bonds is 11. The van der Waals surface area contributed by atoms with Crippen molar-refractivity contribution in [3.63, 3.8) is 0 Å². The molecule has 1 aliphatic rings. The standard InChI is InChI=1S/C27H32N4O6/c1-20-6-8-21(9-7-20)25(27(34)28-18-22-4-2-14-36-22)31(11-10-30-12-16-35-17-13-30)24(32)19-29-26(33)23-5-3-15-37-23/h2-9,14-15,25H,10-13,16-19H2,1H3,(H,28,34)(H,29,33). The van der Waals surface area contributed by atoms with Crippen molar-refractivity contribution in [2.75, 3.05) is 45.9 Å². The van der Waals surface area contributed by atoms with Gasteiger partial charge in [-0.25, -0.2) is 0 Å². The number of ether oxygens (including phenoxy) is 1. The first-order chi connectivity index (χ1) is 18.0. The second kappa shape index (κ2) is 12.9. The molecule has 0 spiro atoms. The fourth-order valence-corrected chi connectivity index (χ4v) is 4.13. The average molecular weight is 509 g/mol. The van der Waals surface area contributed by atoms with Gasteiger partial charge < -0.3 is 29.1 Å². The molecule has 0 radical (unpaired) electrons. The van der Waals surface area contributed by atoms with Crippen LogP contribution in [-0.4, -0.2) is 73.5 Å². The zero-order valence-corrected chi connectivity index (χ0v) is 20.9. The molecule has 3 heterocycles. The van der Waals surface area contributed by atoms with Crippen molar-refractivity contribution in [3.05, 3.63) is 83.7 Å². The summed E-state index contributed by atoms with van der Waals surface area (Å²) in [4.78, 5) is 43.2. The third kappa shape index (κ3) is 7.31. The first-order valence-electron chi connectivity index (χ1n) is 12.3. The Hall–Kier alpha value is -3.89. The molecule has 1 unspecified atom stereocenters. The molecule has 0 aliphatic carbocycles. The highest BCUT2D eigenvalue weighted by Gasteiger charge is 2.32. The van der Waals surface area contributed by atoms with Crippen LogP contribution in [0.1, 0.15) is 33.5 Å². The summed E-state index contributed by atoms with van der Waals surface area (Å²) in [6.07, 6.45) is 2.93. The lowest BCUT2D eigenvalue weighted by Gasteiger charge is -2.34. The van der Waals surface area contributed by atoms with Crippen LogP contribution in [0.15, 0.2) is 69.9 Å². The van der Waals surface area contributed by atoms with Crippen molar-refractivity contribution in [2.24, 2.45) is 0 Å². The van der Waals surface area contributed by atoms with Gasteiger partial charge >= 0.3 is 0 Å². The Morgan fingerprint density at radius 3 is 2.38 bits per heavy atom. The number of furan rings is 2. The third-order valence-corrected chi connectivity index (χ3v) is 6.20. The number of hydrogen-bond acceptors (Lipinski definition) is 7. The van der Waals surface area contributed by atoms with E-state index in [4.69, 9.17) is 13.6 Å². The van der Waals surface area contributed by atoms with Gasteiger partial charge in [0, 0.05) is 26.2 Å². The molecule has 10 heteroatoms. The van der Waals surface area contributed by atoms with Crippen molar-refractivity contribution in [1.29, 1.82) is 0 Å². The fourth-order valence-electron chi connectivity index (χ4n) is 4.13. The zero-order chi connectivity index (χ0) is 26.0. The quantitative estimate of drug-likeness (QED) is 0.408. The molecule has 10 nitrogen and oxygen atoms in total. The van der Waals surface area contributed by atoms with E-state index in [0.29, 0.717) is 37.6 Å². The van der Waals surface area contributed by atoms with Gasteiger partial charge in [0.15, 0.2) is 5.76 Å². The number of benzene rings is 1. The first kappa shape index (κ1) is 26.2. The van der Waals surface area contributed by atoms with Crippen LogP contribution in [-0.2, 0) is 20.9 Å². The lowest BCUT2D eigenvalue weighted by molar-refractivity contribution is -0.140. The zero-order valence-electron chi connectivity index (χ0n) is 20.9. The van der Waals surface area contributed by atoms with Crippen LogP contribution in [0.3, 0.4) is 0 Å². The molecule has 2 N–H and O–H groups in total. The molecule has 1 atom stereocenters. The molecule has 1 fully saturated rings. The molecule has 37 heavy (non-hydrogen) atoms. The molecule has 1 aliphatic heterocycles. The molecule has 196 valence electrons. The Labute approximate surface area is 215 Å². The summed E-state index contributed by atoms with van der Waals surface area (Å²) in [5.74, 6) is -0.507. The van der Waals surface area contributed by atoms with E-state index in [9.17, 15) is 14.4 Å². The van der Waals surface area contributed by atoms with Crippen molar-refractivity contribution >= 4 is 17.7 Å². The van der Waals surface area contributed by atoms with Gasteiger partial charge in [0.1, 0.15) is 11.8 Å². The van der Waals surface area contributed by atoms with Crippen molar-refractivity contribution in [3.8, 4) is 0 Å². The molecule has 0 saturated carbocycles. The van der Waals surface area contributed by atoms with Crippen LogP contribution < -0.4 is 10.6 Å². The minimum atomic E-state index is -0.899. The van der Waals surface area contributed by atoms with Gasteiger partial charge in [-0.3, -0.25) is 19.3 Å². The summed E-state index contributed by atoms with van der Waals surface area (Å²) in [6.45, 7) is 5.47. The number of aryl methyl sites for hydroxylation is 1. The number of carbonyl (C=O) groups is 3. The smallest absolute Gasteiger partial charge is 0.287 e. The number of morpholine rings is 1. The monoisotopic (exact) mass is 508 g/mol. The molecule has 0 bridgehead atoms. The average Bonchev–Trinajstić information content (AvgIpc) is 3.64. The largest absolute Gasteiger partial charge is 0.467 e. The van der Waals surface area contributed by atoms with E-state index in [1.807, 2.05) is 31.2 Å². The van der Waals surface area contributed by atoms with Gasteiger partial charge in [-0.2, -0.15) is 0 Å². The summed E-state index contributed by atoms with van der Waals surface area (Å²) in [5.41, 5.74) is 1.71. The fraction of sp³-hybridized carbons (Fsp3) is 0.370. The number of carbonyl (C=O) groups excluding carboxylic acids is 3. The lowest BCUT2D eigenvalue weighted by atomic mass is 10.0. The second-order valence-electron chi connectivity index (χ2n) is 8.81. The minimum absolute atomic E-state index is 0.110. The number of amides is 3. The van der Waals surface area contributed by atoms with Crippen molar-refractivity contribution in [2.45, 2.75) is 19.5 Å². The number of nitrogens with one attached hydrogen (secondary N) is 2. The summed E-state index contributed by atoms with van der Waals surface area (Å²) < 4.78 is 15.9. The molecule has 2 aromatic heterocycles. The predicted octanol–water partition coefficient (Wildman–Crippen LogP) is 2.13. The van der Waals surface area contributed by atoms with E-state index >= 15 is 0 Å². The number of hydrogen-bond donors (Lipinski definition) is 2. The Morgan fingerprint density at radius 2 is 1.70 bits per heavy atom. The summed E-state index contributed by atoms with van der Waals surface area (Å²) in [5, 5.41) is 5.50.